The van der Waals surface area contributed by atoms with Gasteiger partial charge in [-0.3, -0.25) is 9.35 Å². The summed E-state index contributed by atoms with van der Waals surface area (Å²) < 4.78 is 37.9. The zero-order valence-electron chi connectivity index (χ0n) is 15.3. The van der Waals surface area contributed by atoms with E-state index < -0.39 is 20.8 Å². The van der Waals surface area contributed by atoms with Crippen molar-refractivity contribution in [3.05, 3.63) is 66.7 Å². The Bertz CT molecular complexity index is 1430. The number of carbonyl (C=O) groups is 1. The highest BCUT2D eigenvalue weighted by Crippen LogP contribution is 2.42. The lowest BCUT2D eigenvalue weighted by Crippen LogP contribution is -1.99. The molecule has 0 aliphatic rings. The second-order valence-electron chi connectivity index (χ2n) is 6.31. The van der Waals surface area contributed by atoms with Crippen LogP contribution >= 0.6 is 0 Å². The zero-order valence-corrected chi connectivity index (χ0v) is 16.1. The molecule has 4 aromatic carbocycles. The highest BCUT2D eigenvalue weighted by Gasteiger charge is 2.19. The summed E-state index contributed by atoms with van der Waals surface area (Å²) in [6.07, 6.45) is 0. The number of aromatic hydroxyl groups is 1. The number of phenols is 1. The second-order valence-corrected chi connectivity index (χ2v) is 7.70. The highest BCUT2D eigenvalue weighted by atomic mass is 32.2. The van der Waals surface area contributed by atoms with Gasteiger partial charge < -0.3 is 9.84 Å². The van der Waals surface area contributed by atoms with Crippen molar-refractivity contribution in [2.24, 2.45) is 10.2 Å². The van der Waals surface area contributed by atoms with Gasteiger partial charge in [0.15, 0.2) is 5.75 Å². The molecular weight excluding hydrogens is 408 g/mol. The van der Waals surface area contributed by atoms with Gasteiger partial charge in [0, 0.05) is 22.2 Å². The van der Waals surface area contributed by atoms with Crippen molar-refractivity contribution in [3.8, 4) is 11.5 Å². The SMILES string of the molecule is O=COc1ccc2ccccc2c1N=Nc1c(O)cc(S(=O)(=O)O)c2ccccc12. The first kappa shape index (κ1) is 19.5. The summed E-state index contributed by atoms with van der Waals surface area (Å²) in [6, 6.07) is 17.8. The van der Waals surface area contributed by atoms with Crippen LogP contribution in [0.15, 0.2) is 81.9 Å². The number of phenolic OH excluding ortho intramolecular Hbond substituents is 1. The predicted octanol–water partition coefficient (Wildman–Crippen LogP) is 4.90. The third-order valence-electron chi connectivity index (χ3n) is 4.52. The maximum absolute atomic E-state index is 11.7. The molecule has 0 atom stereocenters. The van der Waals surface area contributed by atoms with Gasteiger partial charge in [-0.25, -0.2) is 0 Å². The first-order valence-electron chi connectivity index (χ1n) is 8.66. The van der Waals surface area contributed by atoms with Crippen LogP contribution in [0.1, 0.15) is 0 Å². The standard InChI is InChI=1S/C21H14N2O6S/c24-12-29-18-10-9-13-5-1-2-6-14(13)21(18)23-22-20-16-8-4-3-7-15(16)19(11-17(20)25)30(26,27)28/h1-12,25H,(H,26,27,28). The van der Waals surface area contributed by atoms with E-state index in [1.54, 1.807) is 42.5 Å². The van der Waals surface area contributed by atoms with Gasteiger partial charge in [0.25, 0.3) is 16.6 Å². The van der Waals surface area contributed by atoms with E-state index in [9.17, 15) is 22.9 Å². The van der Waals surface area contributed by atoms with Gasteiger partial charge >= 0.3 is 0 Å². The number of carbonyl (C=O) groups excluding carboxylic acids is 1. The lowest BCUT2D eigenvalue weighted by molar-refractivity contribution is -0.120. The highest BCUT2D eigenvalue weighted by molar-refractivity contribution is 7.86. The summed E-state index contributed by atoms with van der Waals surface area (Å²) in [5.74, 6) is -0.311. The topological polar surface area (TPSA) is 126 Å². The van der Waals surface area contributed by atoms with Crippen LogP contribution in [0.3, 0.4) is 0 Å². The van der Waals surface area contributed by atoms with Crippen molar-refractivity contribution in [2.75, 3.05) is 0 Å². The summed E-state index contributed by atoms with van der Waals surface area (Å²) in [7, 11) is -4.57. The molecule has 0 saturated carbocycles. The Labute approximate surface area is 170 Å². The van der Waals surface area contributed by atoms with E-state index in [2.05, 4.69) is 10.2 Å². The molecule has 0 fully saturated rings. The molecular formula is C21H14N2O6S. The molecule has 4 aromatic rings. The zero-order chi connectivity index (χ0) is 21.3. The molecule has 9 heteroatoms. The molecule has 0 radical (unpaired) electrons. The Kier molecular flexibility index (Phi) is 4.90. The smallest absolute Gasteiger partial charge is 0.298 e. The van der Waals surface area contributed by atoms with Crippen LogP contribution in [0.5, 0.6) is 11.5 Å². The van der Waals surface area contributed by atoms with E-state index in [4.69, 9.17) is 4.74 Å². The van der Waals surface area contributed by atoms with Crippen molar-refractivity contribution in [1.29, 1.82) is 0 Å². The number of hydrogen-bond acceptors (Lipinski definition) is 7. The molecule has 4 rings (SSSR count). The maximum Gasteiger partial charge on any atom is 0.298 e. The Hall–Kier alpha value is -3.82. The predicted molar refractivity (Wildman–Crippen MR) is 110 cm³/mol. The maximum atomic E-state index is 11.7. The summed E-state index contributed by atoms with van der Waals surface area (Å²) >= 11 is 0. The van der Waals surface area contributed by atoms with Crippen LogP contribution in [-0.2, 0) is 14.9 Å². The van der Waals surface area contributed by atoms with E-state index >= 15 is 0 Å². The molecule has 0 amide bonds. The van der Waals surface area contributed by atoms with Crippen LogP contribution < -0.4 is 4.74 Å². The van der Waals surface area contributed by atoms with Crippen LogP contribution in [0.2, 0.25) is 0 Å². The van der Waals surface area contributed by atoms with Gasteiger partial charge in [-0.1, -0.05) is 54.6 Å². The Morgan fingerprint density at radius 3 is 2.17 bits per heavy atom. The minimum Gasteiger partial charge on any atom is -0.506 e. The molecule has 2 N–H and O–H groups in total. The third-order valence-corrected chi connectivity index (χ3v) is 5.42. The van der Waals surface area contributed by atoms with Crippen LogP contribution in [0.4, 0.5) is 11.4 Å². The van der Waals surface area contributed by atoms with Gasteiger partial charge in [0.1, 0.15) is 22.0 Å². The number of rotatable bonds is 5. The molecule has 0 unspecified atom stereocenters. The van der Waals surface area contributed by atoms with Crippen molar-refractivity contribution < 1.29 is 27.6 Å². The molecule has 8 nitrogen and oxygen atoms in total. The lowest BCUT2D eigenvalue weighted by Gasteiger charge is -2.09. The Morgan fingerprint density at radius 2 is 1.47 bits per heavy atom. The number of azo groups is 1. The van der Waals surface area contributed by atoms with Crippen LogP contribution in [0, 0.1) is 0 Å². The van der Waals surface area contributed by atoms with Gasteiger partial charge in [-0.15, -0.1) is 10.2 Å². The van der Waals surface area contributed by atoms with Crippen LogP contribution in [0.25, 0.3) is 21.5 Å². The van der Waals surface area contributed by atoms with E-state index in [0.717, 1.165) is 11.5 Å². The number of fused-ring (bicyclic) bond motifs is 2. The fraction of sp³-hybridized carbons (Fsp3) is 0. The number of benzene rings is 4. The first-order chi connectivity index (χ1) is 14.4. The number of hydrogen-bond donors (Lipinski definition) is 2. The van der Waals surface area contributed by atoms with Crippen molar-refractivity contribution in [1.82, 2.24) is 0 Å². The summed E-state index contributed by atoms with van der Waals surface area (Å²) in [5.41, 5.74) is 0.269. The van der Waals surface area contributed by atoms with Gasteiger partial charge in [-0.05, 0) is 11.5 Å². The Morgan fingerprint density at radius 1 is 0.833 bits per heavy atom. The summed E-state index contributed by atoms with van der Waals surface area (Å²) in [5, 5.41) is 20.7. The summed E-state index contributed by atoms with van der Waals surface area (Å²) in [4.78, 5) is 10.4. The molecule has 30 heavy (non-hydrogen) atoms. The van der Waals surface area contributed by atoms with Gasteiger partial charge in [0.2, 0.25) is 0 Å². The lowest BCUT2D eigenvalue weighted by atomic mass is 10.1. The van der Waals surface area contributed by atoms with Crippen molar-refractivity contribution >= 4 is 49.5 Å². The number of nitrogens with zero attached hydrogens (tertiary/aromatic N) is 2. The molecule has 0 saturated heterocycles. The minimum atomic E-state index is -4.57. The van der Waals surface area contributed by atoms with E-state index in [-0.39, 0.29) is 34.4 Å². The van der Waals surface area contributed by atoms with E-state index in [1.165, 1.54) is 6.07 Å². The van der Waals surface area contributed by atoms with E-state index in [0.29, 0.717) is 5.39 Å². The van der Waals surface area contributed by atoms with Gasteiger partial charge in [-0.2, -0.15) is 8.42 Å². The fourth-order valence-corrected chi connectivity index (χ4v) is 3.93. The molecule has 0 aliphatic heterocycles. The average Bonchev–Trinajstić information content (AvgIpc) is 2.73. The molecule has 0 heterocycles. The van der Waals surface area contributed by atoms with Crippen molar-refractivity contribution in [3.63, 3.8) is 0 Å². The van der Waals surface area contributed by atoms with Crippen molar-refractivity contribution in [2.45, 2.75) is 4.90 Å². The normalized spacial score (nSPS) is 11.9. The second kappa shape index (κ2) is 7.54. The quantitative estimate of drug-likeness (QED) is 0.268. The average molecular weight is 422 g/mol. The molecule has 0 spiro atoms. The monoisotopic (exact) mass is 422 g/mol. The summed E-state index contributed by atoms with van der Waals surface area (Å²) in [6.45, 7) is 0.275. The third kappa shape index (κ3) is 3.47. The minimum absolute atomic E-state index is 0.00277. The Balaban J connectivity index is 1.96. The molecule has 0 aliphatic carbocycles. The largest absolute Gasteiger partial charge is 0.506 e. The van der Waals surface area contributed by atoms with Crippen LogP contribution in [-0.4, -0.2) is 24.5 Å². The van der Waals surface area contributed by atoms with E-state index in [1.807, 2.05) is 12.1 Å². The molecule has 150 valence electrons. The molecule has 0 aromatic heterocycles. The number of ether oxygens (including phenoxy) is 1. The van der Waals surface area contributed by atoms with Gasteiger partial charge in [0.05, 0.1) is 0 Å². The molecule has 0 bridgehead atoms. The fourth-order valence-electron chi connectivity index (χ4n) is 3.22. The first-order valence-corrected chi connectivity index (χ1v) is 10.1.